The van der Waals surface area contributed by atoms with Crippen LogP contribution >= 0.6 is 24.1 Å². The molecule has 0 aliphatic carbocycles. The molecule has 0 aromatic carbocycles. The Bertz CT molecular complexity index is 500. The van der Waals surface area contributed by atoms with Gasteiger partial charge < -0.3 is 15.5 Å². The van der Waals surface area contributed by atoms with Gasteiger partial charge in [0.2, 0.25) is 5.95 Å². The highest BCUT2D eigenvalue weighted by atomic mass is 35.5. The smallest absolute Gasteiger partial charge is 0.228 e. The van der Waals surface area contributed by atoms with Crippen LogP contribution in [0.3, 0.4) is 0 Å². The zero-order chi connectivity index (χ0) is 12.2. The third-order valence-electron chi connectivity index (χ3n) is 2.68. The molecule has 19 heavy (non-hydrogen) atoms. The summed E-state index contributed by atoms with van der Waals surface area (Å²) >= 11 is 1.20. The van der Waals surface area contributed by atoms with Crippen molar-refractivity contribution in [3.63, 3.8) is 0 Å². The molecule has 0 atom stereocenters. The summed E-state index contributed by atoms with van der Waals surface area (Å²) in [5.74, 6) is 2.16. The molecule has 0 unspecified atom stereocenters. The van der Waals surface area contributed by atoms with Crippen LogP contribution in [0.2, 0.25) is 0 Å². The Morgan fingerprint density at radius 1 is 1.16 bits per heavy atom. The molecule has 0 bridgehead atoms. The van der Waals surface area contributed by atoms with Crippen LogP contribution < -0.4 is 15.5 Å². The monoisotopic (exact) mass is 299 g/mol. The van der Waals surface area contributed by atoms with Crippen molar-refractivity contribution in [3.05, 3.63) is 18.5 Å². The second kappa shape index (κ2) is 6.60. The summed E-state index contributed by atoms with van der Waals surface area (Å²) in [6, 6.07) is 1.78. The molecule has 7 nitrogen and oxygen atoms in total. The van der Waals surface area contributed by atoms with Gasteiger partial charge in [-0.25, -0.2) is 9.97 Å². The van der Waals surface area contributed by atoms with E-state index in [9.17, 15) is 0 Å². The first-order valence-electron chi connectivity index (χ1n) is 5.76. The van der Waals surface area contributed by atoms with E-state index in [1.165, 1.54) is 11.7 Å². The van der Waals surface area contributed by atoms with Crippen LogP contribution in [0.4, 0.5) is 17.6 Å². The molecule has 2 aromatic heterocycles. The highest BCUT2D eigenvalue weighted by Crippen LogP contribution is 2.25. The van der Waals surface area contributed by atoms with Gasteiger partial charge in [0.25, 0.3) is 0 Å². The maximum atomic E-state index is 4.35. The first kappa shape index (κ1) is 13.9. The van der Waals surface area contributed by atoms with E-state index in [-0.39, 0.29) is 12.4 Å². The van der Waals surface area contributed by atoms with Gasteiger partial charge in [0.1, 0.15) is 0 Å². The van der Waals surface area contributed by atoms with E-state index in [0.29, 0.717) is 5.95 Å². The van der Waals surface area contributed by atoms with Crippen molar-refractivity contribution in [1.82, 2.24) is 24.0 Å². The van der Waals surface area contributed by atoms with Crippen molar-refractivity contribution < 1.29 is 0 Å². The lowest BCUT2D eigenvalue weighted by Crippen LogP contribution is -2.43. The number of rotatable bonds is 3. The van der Waals surface area contributed by atoms with E-state index in [1.54, 1.807) is 18.5 Å². The lowest BCUT2D eigenvalue weighted by Gasteiger charge is -2.27. The second-order valence-electron chi connectivity index (χ2n) is 3.87. The van der Waals surface area contributed by atoms with E-state index in [2.05, 4.69) is 34.2 Å². The Kier molecular flexibility index (Phi) is 4.83. The predicted molar refractivity (Wildman–Crippen MR) is 77.6 cm³/mol. The minimum absolute atomic E-state index is 0. The Morgan fingerprint density at radius 2 is 1.89 bits per heavy atom. The highest BCUT2D eigenvalue weighted by molar-refractivity contribution is 6.99. The second-order valence-corrected chi connectivity index (χ2v) is 4.40. The molecule has 9 heteroatoms. The fourth-order valence-corrected chi connectivity index (χ4v) is 2.35. The van der Waals surface area contributed by atoms with Crippen LogP contribution in [0.5, 0.6) is 0 Å². The molecule has 1 saturated heterocycles. The summed E-state index contributed by atoms with van der Waals surface area (Å²) < 4.78 is 8.61. The number of hydrogen-bond acceptors (Lipinski definition) is 8. The predicted octanol–water partition coefficient (Wildman–Crippen LogP) is 0.903. The molecular weight excluding hydrogens is 286 g/mol. The zero-order valence-corrected chi connectivity index (χ0v) is 11.7. The summed E-state index contributed by atoms with van der Waals surface area (Å²) in [5.41, 5.74) is 0. The maximum absolute atomic E-state index is 4.35. The van der Waals surface area contributed by atoms with Gasteiger partial charge in [-0.05, 0) is 6.07 Å². The van der Waals surface area contributed by atoms with Gasteiger partial charge in [0.05, 0.1) is 11.7 Å². The van der Waals surface area contributed by atoms with Crippen molar-refractivity contribution in [1.29, 1.82) is 0 Å². The number of piperazine rings is 1. The molecule has 0 spiro atoms. The number of anilines is 3. The Hall–Kier alpha value is -1.51. The Morgan fingerprint density at radius 3 is 2.63 bits per heavy atom. The third kappa shape index (κ3) is 3.28. The molecule has 2 N–H and O–H groups in total. The lowest BCUT2D eigenvalue weighted by molar-refractivity contribution is 0.586. The van der Waals surface area contributed by atoms with Crippen LogP contribution in [0.25, 0.3) is 0 Å². The largest absolute Gasteiger partial charge is 0.350 e. The van der Waals surface area contributed by atoms with Crippen molar-refractivity contribution in [2.24, 2.45) is 0 Å². The van der Waals surface area contributed by atoms with E-state index in [0.717, 1.165) is 37.8 Å². The first-order chi connectivity index (χ1) is 8.93. The summed E-state index contributed by atoms with van der Waals surface area (Å²) in [7, 11) is 0. The van der Waals surface area contributed by atoms with Crippen LogP contribution in [-0.2, 0) is 0 Å². The zero-order valence-electron chi connectivity index (χ0n) is 10.1. The van der Waals surface area contributed by atoms with Gasteiger partial charge in [-0.3, -0.25) is 0 Å². The molecule has 2 aromatic rings. The van der Waals surface area contributed by atoms with E-state index >= 15 is 0 Å². The lowest BCUT2D eigenvalue weighted by atomic mass is 10.3. The van der Waals surface area contributed by atoms with Gasteiger partial charge in [-0.15, -0.1) is 12.4 Å². The average Bonchev–Trinajstić information content (AvgIpc) is 2.89. The fourth-order valence-electron chi connectivity index (χ4n) is 1.82. The molecule has 102 valence electrons. The fraction of sp³-hybridized carbons (Fsp3) is 0.400. The number of nitrogens with zero attached hydrogens (tertiary/aromatic N) is 5. The van der Waals surface area contributed by atoms with E-state index < -0.39 is 0 Å². The molecule has 1 fully saturated rings. The standard InChI is InChI=1S/C10H13N7S.ClH/c1-2-12-10(13-3-1)14-8-9(16-18-15-8)17-6-4-11-5-7-17;/h1-3,11H,4-7H2,(H,12,13,14,15);1H. The van der Waals surface area contributed by atoms with Crippen molar-refractivity contribution in [3.8, 4) is 0 Å². The van der Waals surface area contributed by atoms with Crippen LogP contribution in [-0.4, -0.2) is 44.9 Å². The number of nitrogens with one attached hydrogen (secondary N) is 2. The van der Waals surface area contributed by atoms with Crippen molar-refractivity contribution in [2.75, 3.05) is 36.4 Å². The molecule has 0 radical (unpaired) electrons. The third-order valence-corrected chi connectivity index (χ3v) is 3.20. The molecule has 3 rings (SSSR count). The van der Waals surface area contributed by atoms with E-state index in [1.807, 2.05) is 0 Å². The summed E-state index contributed by atoms with van der Waals surface area (Å²) in [6.45, 7) is 3.82. The molecule has 0 amide bonds. The van der Waals surface area contributed by atoms with Gasteiger partial charge in [-0.2, -0.15) is 8.75 Å². The first-order valence-corrected chi connectivity index (χ1v) is 6.49. The van der Waals surface area contributed by atoms with Gasteiger partial charge in [0, 0.05) is 38.6 Å². The summed E-state index contributed by atoms with van der Waals surface area (Å²) in [6.07, 6.45) is 3.39. The maximum Gasteiger partial charge on any atom is 0.228 e. The van der Waals surface area contributed by atoms with Crippen LogP contribution in [0.15, 0.2) is 18.5 Å². The van der Waals surface area contributed by atoms with Gasteiger partial charge >= 0.3 is 0 Å². The molecule has 1 aliphatic rings. The number of hydrogen-bond donors (Lipinski definition) is 2. The summed E-state index contributed by atoms with van der Waals surface area (Å²) in [5, 5.41) is 6.42. The quantitative estimate of drug-likeness (QED) is 0.872. The number of halogens is 1. The van der Waals surface area contributed by atoms with Crippen molar-refractivity contribution in [2.45, 2.75) is 0 Å². The molecule has 3 heterocycles. The topological polar surface area (TPSA) is 78.9 Å². The Labute approximate surface area is 121 Å². The normalized spacial score (nSPS) is 14.8. The average molecular weight is 300 g/mol. The van der Waals surface area contributed by atoms with Crippen LogP contribution in [0.1, 0.15) is 0 Å². The minimum atomic E-state index is 0. The summed E-state index contributed by atoms with van der Waals surface area (Å²) in [4.78, 5) is 10.5. The van der Waals surface area contributed by atoms with Crippen LogP contribution in [0, 0.1) is 0 Å². The van der Waals surface area contributed by atoms with Crippen molar-refractivity contribution >= 4 is 41.7 Å². The number of aromatic nitrogens is 4. The molecule has 1 aliphatic heterocycles. The molecule has 0 saturated carbocycles. The molecular formula is C10H14ClN7S. The highest BCUT2D eigenvalue weighted by Gasteiger charge is 2.18. The SMILES string of the molecule is Cl.c1cnc(Nc2nsnc2N2CCNCC2)nc1. The minimum Gasteiger partial charge on any atom is -0.350 e. The van der Waals surface area contributed by atoms with Gasteiger partial charge in [0.15, 0.2) is 11.6 Å². The van der Waals surface area contributed by atoms with Gasteiger partial charge in [-0.1, -0.05) is 0 Å². The Balaban J connectivity index is 0.00000133. The van der Waals surface area contributed by atoms with E-state index in [4.69, 9.17) is 0 Å².